The topological polar surface area (TPSA) is 52.2 Å². The van der Waals surface area contributed by atoms with Crippen LogP contribution in [-0.4, -0.2) is 35.0 Å². The first-order chi connectivity index (χ1) is 11.3. The zero-order valence-electron chi connectivity index (χ0n) is 14.3. The highest BCUT2D eigenvalue weighted by Crippen LogP contribution is 2.28. The van der Waals surface area contributed by atoms with Gasteiger partial charge in [0, 0.05) is 29.0 Å². The first-order valence-electron chi connectivity index (χ1n) is 8.42. The zero-order valence-corrected chi connectivity index (χ0v) is 17.5. The van der Waals surface area contributed by atoms with Gasteiger partial charge in [-0.2, -0.15) is 11.8 Å². The van der Waals surface area contributed by atoms with Crippen LogP contribution in [0, 0.1) is 0 Å². The maximum Gasteiger partial charge on any atom is 0.191 e. The molecule has 1 heterocycles. The van der Waals surface area contributed by atoms with E-state index in [4.69, 9.17) is 4.99 Å². The summed E-state index contributed by atoms with van der Waals surface area (Å²) in [6, 6.07) is 11.1. The molecule has 2 atom stereocenters. The lowest BCUT2D eigenvalue weighted by Gasteiger charge is -2.17. The Balaban J connectivity index is 0.00000208. The number of H-pyrrole nitrogens is 1. The molecule has 24 heavy (non-hydrogen) atoms. The number of rotatable bonds is 5. The molecule has 0 amide bonds. The van der Waals surface area contributed by atoms with E-state index in [9.17, 15) is 0 Å². The number of benzene rings is 1. The number of thioether (sulfide) groups is 1. The van der Waals surface area contributed by atoms with Crippen molar-refractivity contribution in [2.45, 2.75) is 44.0 Å². The average molecular weight is 458 g/mol. The maximum atomic E-state index is 4.75. The van der Waals surface area contributed by atoms with Crippen molar-refractivity contribution in [1.82, 2.24) is 15.6 Å². The number of aromatic amines is 1. The van der Waals surface area contributed by atoms with Gasteiger partial charge in [0.1, 0.15) is 0 Å². The lowest BCUT2D eigenvalue weighted by Crippen LogP contribution is -2.42. The third-order valence-corrected chi connectivity index (χ3v) is 5.49. The number of aliphatic imine (C=N–C) groups is 1. The van der Waals surface area contributed by atoms with E-state index < -0.39 is 0 Å². The van der Waals surface area contributed by atoms with E-state index in [0.29, 0.717) is 12.6 Å². The van der Waals surface area contributed by atoms with Crippen LogP contribution in [0.4, 0.5) is 0 Å². The molecule has 1 fully saturated rings. The lowest BCUT2D eigenvalue weighted by molar-refractivity contribution is 0.615. The van der Waals surface area contributed by atoms with Gasteiger partial charge in [0.15, 0.2) is 5.96 Å². The van der Waals surface area contributed by atoms with E-state index in [1.807, 2.05) is 11.8 Å². The molecule has 1 aromatic carbocycles. The van der Waals surface area contributed by atoms with Crippen molar-refractivity contribution in [2.24, 2.45) is 4.99 Å². The fourth-order valence-corrected chi connectivity index (χ4v) is 3.98. The number of halogens is 1. The summed E-state index contributed by atoms with van der Waals surface area (Å²) in [5.74, 6) is 0.929. The quantitative estimate of drug-likeness (QED) is 0.359. The fourth-order valence-electron chi connectivity index (χ4n) is 3.18. The molecule has 1 aromatic heterocycles. The van der Waals surface area contributed by atoms with Gasteiger partial charge in [0.25, 0.3) is 0 Å². The summed E-state index contributed by atoms with van der Waals surface area (Å²) in [7, 11) is 0. The van der Waals surface area contributed by atoms with Crippen LogP contribution in [0.15, 0.2) is 35.3 Å². The smallest absolute Gasteiger partial charge is 0.191 e. The Bertz CT molecular complexity index is 637. The molecular formula is C18H27IN4S. The van der Waals surface area contributed by atoms with Crippen molar-refractivity contribution < 1.29 is 0 Å². The number of nitrogens with one attached hydrogen (secondary N) is 3. The molecule has 0 bridgehead atoms. The maximum absolute atomic E-state index is 4.75. The van der Waals surface area contributed by atoms with Crippen LogP contribution < -0.4 is 10.6 Å². The van der Waals surface area contributed by atoms with E-state index >= 15 is 0 Å². The van der Waals surface area contributed by atoms with Crippen LogP contribution in [0.5, 0.6) is 0 Å². The molecule has 2 aromatic rings. The van der Waals surface area contributed by atoms with Gasteiger partial charge >= 0.3 is 0 Å². The summed E-state index contributed by atoms with van der Waals surface area (Å²) in [5, 5.41) is 9.00. The van der Waals surface area contributed by atoms with Gasteiger partial charge in [-0.25, -0.2) is 4.99 Å². The Morgan fingerprint density at radius 2 is 2.17 bits per heavy atom. The van der Waals surface area contributed by atoms with Crippen LogP contribution in [0.25, 0.3) is 10.9 Å². The Labute approximate surface area is 165 Å². The van der Waals surface area contributed by atoms with Crippen LogP contribution in [-0.2, 0) is 6.54 Å². The molecule has 1 aliphatic carbocycles. The SMILES string of the molecule is CCNC(=NCc1cc2ccccc2[nH]1)NC1CCC(SC)C1.I. The van der Waals surface area contributed by atoms with Crippen molar-refractivity contribution in [3.8, 4) is 0 Å². The lowest BCUT2D eigenvalue weighted by atomic mass is 10.2. The number of fused-ring (bicyclic) bond motifs is 1. The molecule has 0 saturated heterocycles. The summed E-state index contributed by atoms with van der Waals surface area (Å²) < 4.78 is 0. The van der Waals surface area contributed by atoms with Crippen molar-refractivity contribution in [2.75, 3.05) is 12.8 Å². The molecule has 0 radical (unpaired) electrons. The molecule has 0 spiro atoms. The van der Waals surface area contributed by atoms with E-state index in [-0.39, 0.29) is 24.0 Å². The number of nitrogens with zero attached hydrogens (tertiary/aromatic N) is 1. The largest absolute Gasteiger partial charge is 0.357 e. The number of hydrogen-bond donors (Lipinski definition) is 3. The van der Waals surface area contributed by atoms with Crippen LogP contribution in [0.2, 0.25) is 0 Å². The van der Waals surface area contributed by atoms with Gasteiger partial charge in [0.2, 0.25) is 0 Å². The van der Waals surface area contributed by atoms with E-state index in [1.165, 1.54) is 30.2 Å². The summed E-state index contributed by atoms with van der Waals surface area (Å²) in [6.45, 7) is 3.67. The third-order valence-electron chi connectivity index (χ3n) is 4.40. The van der Waals surface area contributed by atoms with Crippen molar-refractivity contribution >= 4 is 52.6 Å². The van der Waals surface area contributed by atoms with Gasteiger partial charge in [-0.15, -0.1) is 24.0 Å². The minimum Gasteiger partial charge on any atom is -0.357 e. The Kier molecular flexibility index (Phi) is 7.74. The Morgan fingerprint density at radius 1 is 1.33 bits per heavy atom. The van der Waals surface area contributed by atoms with Crippen molar-refractivity contribution in [3.63, 3.8) is 0 Å². The molecule has 4 nitrogen and oxygen atoms in total. The second kappa shape index (κ2) is 9.56. The van der Waals surface area contributed by atoms with E-state index in [2.05, 4.69) is 59.1 Å². The molecule has 3 rings (SSSR count). The first-order valence-corrected chi connectivity index (χ1v) is 9.71. The number of hydrogen-bond acceptors (Lipinski definition) is 2. The Hall–Kier alpha value is -0.890. The van der Waals surface area contributed by atoms with Gasteiger partial charge in [-0.1, -0.05) is 18.2 Å². The van der Waals surface area contributed by atoms with Crippen LogP contribution in [0.1, 0.15) is 31.9 Å². The highest BCUT2D eigenvalue weighted by molar-refractivity contribution is 14.0. The number of para-hydroxylation sites is 1. The number of guanidine groups is 1. The molecule has 0 aliphatic heterocycles. The molecule has 132 valence electrons. The Morgan fingerprint density at radius 3 is 2.88 bits per heavy atom. The van der Waals surface area contributed by atoms with Gasteiger partial charge in [-0.3, -0.25) is 0 Å². The molecular weight excluding hydrogens is 431 g/mol. The monoisotopic (exact) mass is 458 g/mol. The summed E-state index contributed by atoms with van der Waals surface area (Å²) in [6.07, 6.45) is 5.99. The van der Waals surface area contributed by atoms with Crippen molar-refractivity contribution in [1.29, 1.82) is 0 Å². The third kappa shape index (κ3) is 5.05. The van der Waals surface area contributed by atoms with Crippen LogP contribution >= 0.6 is 35.7 Å². The average Bonchev–Trinajstić information content (AvgIpc) is 3.18. The van der Waals surface area contributed by atoms with Crippen molar-refractivity contribution in [3.05, 3.63) is 36.0 Å². The second-order valence-electron chi connectivity index (χ2n) is 6.09. The molecule has 6 heteroatoms. The summed E-state index contributed by atoms with van der Waals surface area (Å²) in [4.78, 5) is 8.19. The predicted octanol–water partition coefficient (Wildman–Crippen LogP) is 4.13. The number of aromatic nitrogens is 1. The van der Waals surface area contributed by atoms with Gasteiger partial charge in [0.05, 0.1) is 6.54 Å². The predicted molar refractivity (Wildman–Crippen MR) is 117 cm³/mol. The van der Waals surface area contributed by atoms with Gasteiger partial charge < -0.3 is 15.6 Å². The van der Waals surface area contributed by atoms with Crippen LogP contribution in [0.3, 0.4) is 0 Å². The normalized spacial score (nSPS) is 20.8. The first kappa shape index (κ1) is 19.4. The van der Waals surface area contributed by atoms with E-state index in [1.54, 1.807) is 0 Å². The standard InChI is InChI=1S/C18H26N4S.HI/c1-3-19-18(22-14-8-9-16(11-14)23-2)20-12-15-10-13-6-4-5-7-17(13)21-15;/h4-7,10,14,16,21H,3,8-9,11-12H2,1-2H3,(H2,19,20,22);1H. The van der Waals surface area contributed by atoms with E-state index in [0.717, 1.165) is 23.4 Å². The highest BCUT2D eigenvalue weighted by atomic mass is 127. The highest BCUT2D eigenvalue weighted by Gasteiger charge is 2.24. The molecule has 1 saturated carbocycles. The minimum absolute atomic E-state index is 0. The molecule has 1 aliphatic rings. The minimum atomic E-state index is 0. The molecule has 3 N–H and O–H groups in total. The molecule has 2 unspecified atom stereocenters. The summed E-state index contributed by atoms with van der Waals surface area (Å²) >= 11 is 1.98. The fraction of sp³-hybridized carbons (Fsp3) is 0.500. The zero-order chi connectivity index (χ0) is 16.1. The van der Waals surface area contributed by atoms with Gasteiger partial charge in [-0.05, 0) is 50.0 Å². The summed E-state index contributed by atoms with van der Waals surface area (Å²) in [5.41, 5.74) is 2.33. The second-order valence-corrected chi connectivity index (χ2v) is 7.23.